The fourth-order valence-corrected chi connectivity index (χ4v) is 4.74. The first-order chi connectivity index (χ1) is 14.4. The average Bonchev–Trinajstić information content (AvgIpc) is 2.96. The summed E-state index contributed by atoms with van der Waals surface area (Å²) in [6, 6.07) is 8.35. The molecule has 4 nitrogen and oxygen atoms in total. The summed E-state index contributed by atoms with van der Waals surface area (Å²) >= 11 is 6.83. The largest absolute Gasteiger partial charge is 0.481 e. The Bertz CT molecular complexity index is 756. The minimum Gasteiger partial charge on any atom is -0.481 e. The van der Waals surface area contributed by atoms with Crippen LogP contribution in [0.2, 0.25) is 0 Å². The minimum absolute atomic E-state index is 0.0244. The molecule has 1 aliphatic heterocycles. The summed E-state index contributed by atoms with van der Waals surface area (Å²) in [6.07, 6.45) is 10.6. The third-order valence-electron chi connectivity index (χ3n) is 5.30. The lowest BCUT2D eigenvalue weighted by atomic mass is 10.0. The fraction of sp³-hybridized carbons (Fsp3) is 0.542. The van der Waals surface area contributed by atoms with Gasteiger partial charge in [0.2, 0.25) is 0 Å². The molecule has 164 valence electrons. The van der Waals surface area contributed by atoms with Crippen molar-refractivity contribution in [3.63, 3.8) is 0 Å². The smallest absolute Gasteiger partial charge is 0.303 e. The highest BCUT2D eigenvalue weighted by Crippen LogP contribution is 2.33. The molecule has 0 aromatic heterocycles. The predicted octanol–water partition coefficient (Wildman–Crippen LogP) is 6.61. The van der Waals surface area contributed by atoms with Gasteiger partial charge in [-0.05, 0) is 36.0 Å². The summed E-state index contributed by atoms with van der Waals surface area (Å²) in [5.41, 5.74) is 2.32. The second kappa shape index (κ2) is 12.9. The number of rotatable bonds is 13. The number of amides is 1. The summed E-state index contributed by atoms with van der Waals surface area (Å²) in [6.45, 7) is 5.03. The van der Waals surface area contributed by atoms with E-state index in [4.69, 9.17) is 17.3 Å². The molecule has 0 saturated carbocycles. The number of carbonyl (C=O) groups excluding carboxylic acids is 1. The molecule has 0 radical (unpaired) electrons. The van der Waals surface area contributed by atoms with Crippen molar-refractivity contribution in [2.75, 3.05) is 6.54 Å². The van der Waals surface area contributed by atoms with Gasteiger partial charge in [-0.25, -0.2) is 0 Å². The normalized spacial score (nSPS) is 15.6. The standard InChI is InChI=1S/C24H33NO3S2/c1-18(2)20-14-12-19(13-15-20)17-21-23(28)25(24(29)30-21)16-10-8-6-4-3-5-7-9-11-22(26)27/h12-15,17-18H,3-11,16H2,1-2H3,(H,26,27)/b21-17-. The van der Waals surface area contributed by atoms with Crippen LogP contribution >= 0.6 is 24.0 Å². The zero-order valence-electron chi connectivity index (χ0n) is 18.1. The molecule has 1 N–H and O–H groups in total. The van der Waals surface area contributed by atoms with Crippen LogP contribution in [0.1, 0.15) is 88.7 Å². The average molecular weight is 448 g/mol. The zero-order valence-corrected chi connectivity index (χ0v) is 19.7. The topological polar surface area (TPSA) is 57.6 Å². The summed E-state index contributed by atoms with van der Waals surface area (Å²) in [5.74, 6) is -0.185. The highest BCUT2D eigenvalue weighted by Gasteiger charge is 2.31. The van der Waals surface area contributed by atoms with Crippen LogP contribution in [0.5, 0.6) is 0 Å². The molecule has 0 aliphatic carbocycles. The lowest BCUT2D eigenvalue weighted by Crippen LogP contribution is -2.29. The van der Waals surface area contributed by atoms with Gasteiger partial charge in [0.25, 0.3) is 5.91 Å². The third-order valence-corrected chi connectivity index (χ3v) is 6.67. The summed E-state index contributed by atoms with van der Waals surface area (Å²) in [7, 11) is 0. The van der Waals surface area contributed by atoms with Gasteiger partial charge in [0.05, 0.1) is 4.91 Å². The number of aliphatic carboxylic acids is 1. The van der Waals surface area contributed by atoms with Gasteiger partial charge in [-0.1, -0.05) is 101 Å². The van der Waals surface area contributed by atoms with Crippen molar-refractivity contribution in [1.82, 2.24) is 4.90 Å². The highest BCUT2D eigenvalue weighted by molar-refractivity contribution is 8.26. The molecule has 1 heterocycles. The molecule has 1 aliphatic rings. The van der Waals surface area contributed by atoms with Gasteiger partial charge in [-0.15, -0.1) is 0 Å². The van der Waals surface area contributed by atoms with Crippen LogP contribution in [0.3, 0.4) is 0 Å². The van der Waals surface area contributed by atoms with E-state index in [0.717, 1.165) is 56.9 Å². The van der Waals surface area contributed by atoms with E-state index in [9.17, 15) is 9.59 Å². The van der Waals surface area contributed by atoms with Gasteiger partial charge in [0.1, 0.15) is 4.32 Å². The Morgan fingerprint density at radius 3 is 2.17 bits per heavy atom. The molecule has 0 atom stereocenters. The van der Waals surface area contributed by atoms with Gasteiger partial charge in [-0.3, -0.25) is 14.5 Å². The molecule has 0 spiro atoms. The highest BCUT2D eigenvalue weighted by atomic mass is 32.2. The van der Waals surface area contributed by atoms with Gasteiger partial charge in [0, 0.05) is 13.0 Å². The van der Waals surface area contributed by atoms with Crippen LogP contribution in [0.4, 0.5) is 0 Å². The van der Waals surface area contributed by atoms with Crippen LogP contribution in [0.15, 0.2) is 29.2 Å². The van der Waals surface area contributed by atoms with E-state index in [-0.39, 0.29) is 12.3 Å². The molecule has 6 heteroatoms. The van der Waals surface area contributed by atoms with Gasteiger partial charge in [0.15, 0.2) is 0 Å². The predicted molar refractivity (Wildman–Crippen MR) is 130 cm³/mol. The van der Waals surface area contributed by atoms with E-state index >= 15 is 0 Å². The van der Waals surface area contributed by atoms with Crippen LogP contribution in [0, 0.1) is 0 Å². The molecule has 0 bridgehead atoms. The lowest BCUT2D eigenvalue weighted by Gasteiger charge is -2.14. The molecule has 30 heavy (non-hydrogen) atoms. The number of thiocarbonyl (C=S) groups is 1. The summed E-state index contributed by atoms with van der Waals surface area (Å²) < 4.78 is 0.656. The van der Waals surface area contributed by atoms with Crippen molar-refractivity contribution in [3.05, 3.63) is 40.3 Å². The van der Waals surface area contributed by atoms with Crippen molar-refractivity contribution in [1.29, 1.82) is 0 Å². The molecule has 0 unspecified atom stereocenters. The Morgan fingerprint density at radius 1 is 1.03 bits per heavy atom. The molecule has 1 aromatic carbocycles. The number of nitrogens with zero attached hydrogens (tertiary/aromatic N) is 1. The van der Waals surface area contributed by atoms with Crippen LogP contribution < -0.4 is 0 Å². The molecule has 1 saturated heterocycles. The monoisotopic (exact) mass is 447 g/mol. The molecular weight excluding hydrogens is 414 g/mol. The van der Waals surface area contributed by atoms with Crippen LogP contribution in [0.25, 0.3) is 6.08 Å². The summed E-state index contributed by atoms with van der Waals surface area (Å²) in [5, 5.41) is 8.62. The number of carboxylic acids is 1. The van der Waals surface area contributed by atoms with E-state index in [0.29, 0.717) is 21.7 Å². The molecular formula is C24H33NO3S2. The Balaban J connectivity index is 1.68. The number of unbranched alkanes of at least 4 members (excludes halogenated alkanes) is 7. The van der Waals surface area contributed by atoms with Crippen molar-refractivity contribution < 1.29 is 14.7 Å². The first-order valence-electron chi connectivity index (χ1n) is 11.0. The Labute approximate surface area is 190 Å². The Kier molecular flexibility index (Phi) is 10.6. The van der Waals surface area contributed by atoms with E-state index in [1.807, 2.05) is 6.08 Å². The minimum atomic E-state index is -0.704. The third kappa shape index (κ3) is 8.23. The lowest BCUT2D eigenvalue weighted by molar-refractivity contribution is -0.137. The maximum atomic E-state index is 12.7. The van der Waals surface area contributed by atoms with Crippen LogP contribution in [-0.4, -0.2) is 32.7 Å². The molecule has 2 rings (SSSR count). The SMILES string of the molecule is CC(C)c1ccc(/C=C2\SC(=S)N(CCCCCCCCCCC(=O)O)C2=O)cc1. The van der Waals surface area contributed by atoms with Crippen molar-refractivity contribution in [2.45, 2.75) is 77.6 Å². The first kappa shape index (κ1) is 24.6. The van der Waals surface area contributed by atoms with E-state index in [1.54, 1.807) is 4.90 Å². The van der Waals surface area contributed by atoms with Gasteiger partial charge >= 0.3 is 5.97 Å². The maximum absolute atomic E-state index is 12.7. The van der Waals surface area contributed by atoms with E-state index in [1.165, 1.54) is 17.3 Å². The zero-order chi connectivity index (χ0) is 21.9. The number of hydrogen-bond acceptors (Lipinski definition) is 4. The van der Waals surface area contributed by atoms with E-state index < -0.39 is 5.97 Å². The maximum Gasteiger partial charge on any atom is 0.303 e. The first-order valence-corrected chi connectivity index (χ1v) is 12.2. The second-order valence-electron chi connectivity index (χ2n) is 8.13. The molecule has 1 amide bonds. The number of hydrogen-bond donors (Lipinski definition) is 1. The molecule has 1 fully saturated rings. The van der Waals surface area contributed by atoms with E-state index in [2.05, 4.69) is 38.1 Å². The van der Waals surface area contributed by atoms with Crippen LogP contribution in [-0.2, 0) is 9.59 Å². The molecule has 1 aromatic rings. The quantitative estimate of drug-likeness (QED) is 0.209. The number of carboxylic acid groups (broad SMARTS) is 1. The Hall–Kier alpha value is -1.66. The van der Waals surface area contributed by atoms with Gasteiger partial charge in [-0.2, -0.15) is 0 Å². The fourth-order valence-electron chi connectivity index (χ4n) is 3.43. The van der Waals surface area contributed by atoms with Gasteiger partial charge < -0.3 is 5.11 Å². The van der Waals surface area contributed by atoms with Crippen molar-refractivity contribution in [3.8, 4) is 0 Å². The van der Waals surface area contributed by atoms with Crippen molar-refractivity contribution >= 4 is 46.3 Å². The Morgan fingerprint density at radius 2 is 1.60 bits per heavy atom. The number of carbonyl (C=O) groups is 2. The summed E-state index contributed by atoms with van der Waals surface area (Å²) in [4.78, 5) is 25.6. The van der Waals surface area contributed by atoms with Crippen molar-refractivity contribution in [2.24, 2.45) is 0 Å². The number of thioether (sulfide) groups is 1. The number of benzene rings is 1. The second-order valence-corrected chi connectivity index (χ2v) is 9.80.